The van der Waals surface area contributed by atoms with Crippen LogP contribution in [0.4, 0.5) is 0 Å². The third kappa shape index (κ3) is 25.5. The summed E-state index contributed by atoms with van der Waals surface area (Å²) in [7, 11) is 2.06. The van der Waals surface area contributed by atoms with Gasteiger partial charge >= 0.3 is 17.9 Å². The van der Waals surface area contributed by atoms with Crippen LogP contribution in [0.2, 0.25) is 0 Å². The van der Waals surface area contributed by atoms with Gasteiger partial charge < -0.3 is 23.8 Å². The van der Waals surface area contributed by atoms with Crippen molar-refractivity contribution in [2.24, 2.45) is 5.92 Å². The maximum absolute atomic E-state index is 13.0. The molecule has 0 aliphatic carbocycles. The van der Waals surface area contributed by atoms with Crippen molar-refractivity contribution >= 4 is 17.9 Å². The maximum atomic E-state index is 13.0. The molecule has 0 amide bonds. The number of carbonyl (C=O) groups is 3. The minimum atomic E-state index is -0.792. The molecule has 2 saturated heterocycles. The van der Waals surface area contributed by atoms with Crippen molar-refractivity contribution < 1.29 is 33.3 Å². The summed E-state index contributed by atoms with van der Waals surface area (Å²) in [5.74, 6) is -1.00. The number of piperidine rings is 1. The van der Waals surface area contributed by atoms with Crippen molar-refractivity contribution in [2.45, 2.75) is 199 Å². The highest BCUT2D eigenvalue weighted by Crippen LogP contribution is 2.25. The lowest BCUT2D eigenvalue weighted by atomic mass is 9.97. The lowest BCUT2D eigenvalue weighted by molar-refractivity contribution is -0.169. The average molecular weight is 784 g/mol. The first-order chi connectivity index (χ1) is 27.4. The van der Waals surface area contributed by atoms with Crippen LogP contribution in [0.15, 0.2) is 48.6 Å². The van der Waals surface area contributed by atoms with Crippen LogP contribution in [0.25, 0.3) is 0 Å². The highest BCUT2D eigenvalue weighted by molar-refractivity contribution is 5.73. The summed E-state index contributed by atoms with van der Waals surface area (Å²) in [6.45, 7) is 6.29. The number of nitrogens with zero attached hydrogens (tertiary/aromatic N) is 1. The van der Waals surface area contributed by atoms with Crippen molar-refractivity contribution in [3.63, 3.8) is 0 Å². The van der Waals surface area contributed by atoms with Crippen molar-refractivity contribution in [1.82, 2.24) is 4.90 Å². The molecule has 2 fully saturated rings. The largest absolute Gasteiger partial charge is 0.463 e. The monoisotopic (exact) mass is 784 g/mol. The number of carbonyl (C=O) groups excluding carboxylic acids is 3. The van der Waals surface area contributed by atoms with Crippen LogP contribution >= 0.6 is 0 Å². The first kappa shape index (κ1) is 49.4. The molecule has 2 heterocycles. The zero-order chi connectivity index (χ0) is 40.3. The molecule has 0 bridgehead atoms. The van der Waals surface area contributed by atoms with Crippen LogP contribution in [-0.2, 0) is 33.3 Å². The van der Waals surface area contributed by atoms with E-state index in [4.69, 9.17) is 18.9 Å². The second kappa shape index (κ2) is 34.3. The molecule has 0 aromatic carbocycles. The van der Waals surface area contributed by atoms with Crippen LogP contribution in [0.5, 0.6) is 0 Å². The van der Waals surface area contributed by atoms with Gasteiger partial charge in [-0.25, -0.2) is 0 Å². The Bertz CT molecular complexity index is 1120. The fourth-order valence-electron chi connectivity index (χ4n) is 7.17. The van der Waals surface area contributed by atoms with E-state index in [-0.39, 0.29) is 37.0 Å². The summed E-state index contributed by atoms with van der Waals surface area (Å²) < 4.78 is 23.4. The number of hydrogen-bond donors (Lipinski definition) is 0. The Labute approximate surface area is 342 Å². The lowest BCUT2D eigenvalue weighted by Crippen LogP contribution is -2.41. The van der Waals surface area contributed by atoms with Crippen molar-refractivity contribution in [3.8, 4) is 0 Å². The third-order valence-electron chi connectivity index (χ3n) is 10.9. The molecule has 56 heavy (non-hydrogen) atoms. The third-order valence-corrected chi connectivity index (χ3v) is 10.9. The van der Waals surface area contributed by atoms with Crippen LogP contribution < -0.4 is 0 Å². The number of likely N-dealkylation sites (tertiary alicyclic amines) is 1. The normalized spacial score (nSPS) is 19.6. The number of hydrogen-bond acceptors (Lipinski definition) is 8. The van der Waals surface area contributed by atoms with Gasteiger partial charge in [-0.1, -0.05) is 127 Å². The molecule has 320 valence electrons. The molecule has 0 radical (unpaired) electrons. The van der Waals surface area contributed by atoms with Crippen LogP contribution in [0.1, 0.15) is 181 Å². The fraction of sp³-hybridized carbons (Fsp3) is 0.771. The predicted octanol–water partition coefficient (Wildman–Crippen LogP) is 11.7. The summed E-state index contributed by atoms with van der Waals surface area (Å²) in [6.07, 6.45) is 42.7. The number of unbranched alkanes of at least 4 members (excludes halogenated alkanes) is 16. The summed E-state index contributed by atoms with van der Waals surface area (Å²) in [5.41, 5.74) is 0. The first-order valence-corrected chi connectivity index (χ1v) is 22.9. The predicted molar refractivity (Wildman–Crippen MR) is 229 cm³/mol. The van der Waals surface area contributed by atoms with Gasteiger partial charge in [-0.2, -0.15) is 0 Å². The summed E-state index contributed by atoms with van der Waals surface area (Å²) in [5, 5.41) is 0. The molecule has 0 aromatic rings. The number of rotatable bonds is 33. The number of esters is 3. The van der Waals surface area contributed by atoms with E-state index >= 15 is 0 Å². The van der Waals surface area contributed by atoms with Crippen molar-refractivity contribution in [3.05, 3.63) is 48.6 Å². The molecule has 2 aliphatic heterocycles. The van der Waals surface area contributed by atoms with Gasteiger partial charge in [-0.3, -0.25) is 14.4 Å². The van der Waals surface area contributed by atoms with Gasteiger partial charge in [0.2, 0.25) is 0 Å². The Kier molecular flexibility index (Phi) is 30.3. The van der Waals surface area contributed by atoms with E-state index in [9.17, 15) is 14.4 Å². The molecule has 2 aliphatic rings. The second-order valence-electron chi connectivity index (χ2n) is 16.0. The smallest absolute Gasteiger partial charge is 0.309 e. The Morgan fingerprint density at radius 2 is 1.04 bits per heavy atom. The van der Waals surface area contributed by atoms with Gasteiger partial charge in [0.1, 0.15) is 12.7 Å². The van der Waals surface area contributed by atoms with Gasteiger partial charge in [-0.15, -0.1) is 0 Å². The Morgan fingerprint density at radius 3 is 1.54 bits per heavy atom. The maximum Gasteiger partial charge on any atom is 0.309 e. The van der Waals surface area contributed by atoms with E-state index in [0.29, 0.717) is 12.8 Å². The van der Waals surface area contributed by atoms with Gasteiger partial charge in [-0.05, 0) is 110 Å². The average Bonchev–Trinajstić information content (AvgIpc) is 3.56. The van der Waals surface area contributed by atoms with E-state index in [0.717, 1.165) is 116 Å². The van der Waals surface area contributed by atoms with E-state index in [2.05, 4.69) is 74.4 Å². The molecule has 1 unspecified atom stereocenters. The Balaban J connectivity index is 1.68. The molecule has 0 spiro atoms. The first-order valence-electron chi connectivity index (χ1n) is 22.9. The number of ether oxygens (including phenoxy) is 4. The van der Waals surface area contributed by atoms with Gasteiger partial charge in [0, 0.05) is 12.8 Å². The molecular formula is C48H81NO7. The molecule has 2 rings (SSSR count). The molecule has 8 heteroatoms. The molecule has 8 nitrogen and oxygen atoms in total. The Hall–Kier alpha value is -2.71. The SMILES string of the molecule is CCCCC/C=C\C/C=C\CCCCCCCC(=O)OC1CO[C@H](COC(=O)C2CCN(C)CC2)[C@@H]1OC(=O)CCCCCCC/C=C\C/C=C\CCCCC. The molecule has 0 aromatic heterocycles. The zero-order valence-corrected chi connectivity index (χ0v) is 35.9. The lowest BCUT2D eigenvalue weighted by Gasteiger charge is -2.28. The van der Waals surface area contributed by atoms with Crippen LogP contribution in [0.3, 0.4) is 0 Å². The molecule has 0 N–H and O–H groups in total. The minimum Gasteiger partial charge on any atom is -0.463 e. The van der Waals surface area contributed by atoms with Crippen molar-refractivity contribution in [1.29, 1.82) is 0 Å². The molecule has 3 atom stereocenters. The van der Waals surface area contributed by atoms with Gasteiger partial charge in [0.05, 0.1) is 12.5 Å². The van der Waals surface area contributed by atoms with Crippen molar-refractivity contribution in [2.75, 3.05) is 33.4 Å². The molecule has 0 saturated carbocycles. The highest BCUT2D eigenvalue weighted by atomic mass is 16.6. The van der Waals surface area contributed by atoms with E-state index in [1.54, 1.807) is 0 Å². The zero-order valence-electron chi connectivity index (χ0n) is 35.9. The van der Waals surface area contributed by atoms with Crippen LogP contribution in [0, 0.1) is 5.92 Å². The van der Waals surface area contributed by atoms with E-state index in [1.807, 2.05) is 0 Å². The number of allylic oxidation sites excluding steroid dienone is 8. The minimum absolute atomic E-state index is 0.0220. The summed E-state index contributed by atoms with van der Waals surface area (Å²) in [4.78, 5) is 40.9. The summed E-state index contributed by atoms with van der Waals surface area (Å²) in [6, 6.07) is 0. The van der Waals surface area contributed by atoms with E-state index < -0.39 is 18.3 Å². The quantitative estimate of drug-likeness (QED) is 0.0281. The van der Waals surface area contributed by atoms with Gasteiger partial charge in [0.15, 0.2) is 12.2 Å². The Morgan fingerprint density at radius 1 is 0.589 bits per heavy atom. The standard InChI is InChI=1S/C48H81NO7/c1-4-6-8-10-12-14-16-18-20-22-24-26-28-30-32-34-45(50)55-44-41-53-43(40-54-48(52)42-36-38-49(3)39-37-42)47(44)56-46(51)35-33-31-29-27-25-23-21-19-17-15-13-11-9-7-5-2/h12-15,18-21,42-44,47H,4-11,16-17,22-41H2,1-3H3/b14-12-,15-13-,20-18-,21-19-/t43-,44?,47+/m1/s1. The topological polar surface area (TPSA) is 91.4 Å². The molecular weight excluding hydrogens is 703 g/mol. The van der Waals surface area contributed by atoms with Gasteiger partial charge in [0.25, 0.3) is 0 Å². The van der Waals surface area contributed by atoms with Crippen LogP contribution in [-0.4, -0.2) is 74.5 Å². The summed E-state index contributed by atoms with van der Waals surface area (Å²) >= 11 is 0. The van der Waals surface area contributed by atoms with E-state index in [1.165, 1.54) is 51.4 Å². The second-order valence-corrected chi connectivity index (χ2v) is 16.0. The highest BCUT2D eigenvalue weighted by Gasteiger charge is 2.43. The fourth-order valence-corrected chi connectivity index (χ4v) is 7.17.